The van der Waals surface area contributed by atoms with Gasteiger partial charge in [-0.05, 0) is 41.8 Å². The number of phenols is 1. The van der Waals surface area contributed by atoms with Crippen LogP contribution in [0.3, 0.4) is 0 Å². The molecule has 0 unspecified atom stereocenters. The van der Waals surface area contributed by atoms with E-state index in [0.29, 0.717) is 12.2 Å². The van der Waals surface area contributed by atoms with Crippen LogP contribution in [0.25, 0.3) is 0 Å². The number of aliphatic hydroxyl groups is 1. The second-order valence-corrected chi connectivity index (χ2v) is 5.57. The monoisotopic (exact) mass is 369 g/mol. The van der Waals surface area contributed by atoms with Crippen molar-refractivity contribution in [2.75, 3.05) is 13.7 Å². The molecule has 1 atom stereocenters. The van der Waals surface area contributed by atoms with Crippen molar-refractivity contribution in [3.05, 3.63) is 59.2 Å². The van der Waals surface area contributed by atoms with Crippen LogP contribution in [0.5, 0.6) is 11.5 Å². The molecule has 2 aromatic rings. The lowest BCUT2D eigenvalue weighted by Gasteiger charge is -2.13. The lowest BCUT2D eigenvalue weighted by Crippen LogP contribution is -2.31. The summed E-state index contributed by atoms with van der Waals surface area (Å²) in [6.07, 6.45) is -5.62. The molecule has 8 heteroatoms. The number of amides is 1. The van der Waals surface area contributed by atoms with Gasteiger partial charge in [0.25, 0.3) is 5.91 Å². The molecule has 0 saturated carbocycles. The van der Waals surface area contributed by atoms with E-state index in [1.807, 2.05) is 0 Å². The van der Waals surface area contributed by atoms with Crippen LogP contribution >= 0.6 is 0 Å². The quantitative estimate of drug-likeness (QED) is 0.732. The Balaban J connectivity index is 1.91. The number of alkyl halides is 3. The molecule has 140 valence electrons. The molecule has 2 rings (SSSR count). The van der Waals surface area contributed by atoms with Gasteiger partial charge in [0.2, 0.25) is 0 Å². The van der Waals surface area contributed by atoms with Crippen molar-refractivity contribution >= 4 is 5.91 Å². The predicted octanol–water partition coefficient (Wildman–Crippen LogP) is 2.81. The molecule has 0 bridgehead atoms. The number of methoxy groups -OCH3 is 1. The lowest BCUT2D eigenvalue weighted by atomic mass is 10.1. The molecule has 5 nitrogen and oxygen atoms in total. The van der Waals surface area contributed by atoms with Crippen LogP contribution in [-0.2, 0) is 17.4 Å². The van der Waals surface area contributed by atoms with Crippen molar-refractivity contribution in [3.63, 3.8) is 0 Å². The maximum atomic E-state index is 12.5. The number of nitrogens with one attached hydrogen (secondary N) is 1. The number of phenolic OH excluding ortho intramolecular Hbond substituents is 1. The van der Waals surface area contributed by atoms with E-state index in [1.165, 1.54) is 13.2 Å². The smallest absolute Gasteiger partial charge is 0.416 e. The van der Waals surface area contributed by atoms with Gasteiger partial charge in [-0.3, -0.25) is 4.79 Å². The summed E-state index contributed by atoms with van der Waals surface area (Å²) in [4.78, 5) is 11.9. The molecule has 0 heterocycles. The van der Waals surface area contributed by atoms with Crippen molar-refractivity contribution in [2.24, 2.45) is 0 Å². The summed E-state index contributed by atoms with van der Waals surface area (Å²) in [5.74, 6) is -0.410. The van der Waals surface area contributed by atoms with Gasteiger partial charge in [0.1, 0.15) is 0 Å². The van der Waals surface area contributed by atoms with Gasteiger partial charge in [0, 0.05) is 6.54 Å². The molecule has 0 aromatic heterocycles. The minimum absolute atomic E-state index is 0.00184. The fourth-order valence-corrected chi connectivity index (χ4v) is 2.31. The van der Waals surface area contributed by atoms with E-state index in [1.54, 1.807) is 12.1 Å². The third-order valence-electron chi connectivity index (χ3n) is 3.76. The fourth-order valence-electron chi connectivity index (χ4n) is 2.31. The molecular weight excluding hydrogens is 351 g/mol. The van der Waals surface area contributed by atoms with Gasteiger partial charge >= 0.3 is 6.18 Å². The highest BCUT2D eigenvalue weighted by Crippen LogP contribution is 2.30. The van der Waals surface area contributed by atoms with Gasteiger partial charge in [-0.1, -0.05) is 18.2 Å². The van der Waals surface area contributed by atoms with Gasteiger partial charge in [0.05, 0.1) is 12.7 Å². The van der Waals surface area contributed by atoms with E-state index in [9.17, 15) is 28.2 Å². The number of halogens is 3. The van der Waals surface area contributed by atoms with E-state index in [2.05, 4.69) is 5.32 Å². The molecule has 0 radical (unpaired) electrons. The fraction of sp³-hybridized carbons (Fsp3) is 0.278. The summed E-state index contributed by atoms with van der Waals surface area (Å²) in [6, 6.07) is 8.51. The van der Waals surface area contributed by atoms with E-state index < -0.39 is 23.8 Å². The van der Waals surface area contributed by atoms with Gasteiger partial charge in [-0.25, -0.2) is 0 Å². The summed E-state index contributed by atoms with van der Waals surface area (Å²) in [6.45, 7) is 0.199. The first-order chi connectivity index (χ1) is 12.2. The Bertz CT molecular complexity index is 760. The zero-order valence-corrected chi connectivity index (χ0v) is 13.9. The molecule has 0 spiro atoms. The third kappa shape index (κ3) is 4.89. The first-order valence-corrected chi connectivity index (χ1v) is 7.71. The zero-order chi connectivity index (χ0) is 19.3. The maximum Gasteiger partial charge on any atom is 0.416 e. The molecule has 0 aliphatic heterocycles. The zero-order valence-electron chi connectivity index (χ0n) is 13.9. The van der Waals surface area contributed by atoms with Crippen LogP contribution in [0.15, 0.2) is 42.5 Å². The van der Waals surface area contributed by atoms with Crippen LogP contribution < -0.4 is 10.1 Å². The second kappa shape index (κ2) is 8.09. The summed E-state index contributed by atoms with van der Waals surface area (Å²) < 4.78 is 42.5. The van der Waals surface area contributed by atoms with E-state index >= 15 is 0 Å². The first kappa shape index (κ1) is 19.6. The molecule has 2 aromatic carbocycles. The number of carbonyl (C=O) groups is 1. The van der Waals surface area contributed by atoms with Crippen molar-refractivity contribution in [2.45, 2.75) is 18.7 Å². The average Bonchev–Trinajstić information content (AvgIpc) is 2.61. The first-order valence-electron chi connectivity index (χ1n) is 7.71. The summed E-state index contributed by atoms with van der Waals surface area (Å²) in [7, 11) is 1.42. The average molecular weight is 369 g/mol. The molecule has 0 aliphatic rings. The van der Waals surface area contributed by atoms with Crippen molar-refractivity contribution < 1.29 is 32.9 Å². The van der Waals surface area contributed by atoms with Crippen molar-refractivity contribution in [3.8, 4) is 11.5 Å². The number of aromatic hydroxyl groups is 1. The van der Waals surface area contributed by atoms with E-state index in [0.717, 1.165) is 29.8 Å². The molecule has 0 fully saturated rings. The number of ether oxygens (including phenoxy) is 1. The number of benzene rings is 2. The highest BCUT2D eigenvalue weighted by atomic mass is 19.4. The third-order valence-corrected chi connectivity index (χ3v) is 3.76. The number of rotatable bonds is 6. The number of hydrogen-bond acceptors (Lipinski definition) is 4. The van der Waals surface area contributed by atoms with Crippen molar-refractivity contribution in [1.82, 2.24) is 5.32 Å². The number of carbonyl (C=O) groups excluding carboxylic acids is 1. The Morgan fingerprint density at radius 2 is 1.85 bits per heavy atom. The standard InChI is InChI=1S/C18H18F3NO4/c1-26-15-10-11(2-7-14(15)23)8-9-22-17(25)16(24)12-3-5-13(6-4-12)18(19,20)21/h2-7,10,16,23-24H,8-9H2,1H3,(H,22,25)/t16-/m0/s1. The topological polar surface area (TPSA) is 78.8 Å². The largest absolute Gasteiger partial charge is 0.504 e. The maximum absolute atomic E-state index is 12.5. The Labute approximate surface area is 148 Å². The van der Waals surface area contributed by atoms with E-state index in [-0.39, 0.29) is 17.9 Å². The summed E-state index contributed by atoms with van der Waals surface area (Å²) in [5, 5.41) is 22.0. The molecule has 3 N–H and O–H groups in total. The molecular formula is C18H18F3NO4. The number of hydrogen-bond donors (Lipinski definition) is 3. The van der Waals surface area contributed by atoms with Crippen LogP contribution in [0.4, 0.5) is 13.2 Å². The Kier molecular flexibility index (Phi) is 6.10. The van der Waals surface area contributed by atoms with Crippen LogP contribution in [-0.4, -0.2) is 29.8 Å². The summed E-state index contributed by atoms with van der Waals surface area (Å²) >= 11 is 0. The minimum atomic E-state index is -4.48. The van der Waals surface area contributed by atoms with Gasteiger partial charge in [-0.2, -0.15) is 13.2 Å². The van der Waals surface area contributed by atoms with Gasteiger partial charge in [-0.15, -0.1) is 0 Å². The van der Waals surface area contributed by atoms with Crippen LogP contribution in [0, 0.1) is 0 Å². The predicted molar refractivity (Wildman–Crippen MR) is 87.8 cm³/mol. The van der Waals surface area contributed by atoms with Crippen LogP contribution in [0.1, 0.15) is 22.8 Å². The lowest BCUT2D eigenvalue weighted by molar-refractivity contribution is -0.137. The minimum Gasteiger partial charge on any atom is -0.504 e. The molecule has 0 saturated heterocycles. The highest BCUT2D eigenvalue weighted by molar-refractivity contribution is 5.81. The Morgan fingerprint density at radius 3 is 2.42 bits per heavy atom. The second-order valence-electron chi connectivity index (χ2n) is 5.57. The van der Waals surface area contributed by atoms with Gasteiger partial charge in [0.15, 0.2) is 17.6 Å². The number of aliphatic hydroxyl groups excluding tert-OH is 1. The van der Waals surface area contributed by atoms with Gasteiger partial charge < -0.3 is 20.3 Å². The van der Waals surface area contributed by atoms with E-state index in [4.69, 9.17) is 4.74 Å². The summed E-state index contributed by atoms with van der Waals surface area (Å²) in [5.41, 5.74) is 0.0147. The highest BCUT2D eigenvalue weighted by Gasteiger charge is 2.30. The molecule has 26 heavy (non-hydrogen) atoms. The SMILES string of the molecule is COc1cc(CCNC(=O)[C@@H](O)c2ccc(C(F)(F)F)cc2)ccc1O. The molecule has 1 amide bonds. The molecule has 0 aliphatic carbocycles. The Morgan fingerprint density at radius 1 is 1.19 bits per heavy atom. The van der Waals surface area contributed by atoms with Crippen LogP contribution in [0.2, 0.25) is 0 Å². The normalized spacial score (nSPS) is 12.5. The van der Waals surface area contributed by atoms with Crippen molar-refractivity contribution in [1.29, 1.82) is 0 Å². The Hall–Kier alpha value is -2.74.